The molecule has 30 heavy (non-hydrogen) atoms. The Morgan fingerprint density at radius 2 is 1.90 bits per heavy atom. The maximum absolute atomic E-state index is 6.20. The Kier molecular flexibility index (Phi) is 6.41. The number of nitrogens with zero attached hydrogens (tertiary/aromatic N) is 4. The standard InChI is InChI=1S/C22H21ClN4OS2/c1-14-8-4-5-9-17(14)21-24-16(12-29-21)13-30-22-26-25-20(27(22)3)15(2)28-19-11-7-6-10-18(19)23/h4-12,15H,13H2,1-3H3. The highest BCUT2D eigenvalue weighted by molar-refractivity contribution is 7.98. The third kappa shape index (κ3) is 4.53. The van der Waals surface area contributed by atoms with Crippen molar-refractivity contribution in [2.24, 2.45) is 7.05 Å². The van der Waals surface area contributed by atoms with E-state index in [4.69, 9.17) is 21.3 Å². The maximum Gasteiger partial charge on any atom is 0.191 e. The summed E-state index contributed by atoms with van der Waals surface area (Å²) in [6, 6.07) is 15.7. The number of hydrogen-bond donors (Lipinski definition) is 0. The van der Waals surface area contributed by atoms with Gasteiger partial charge in [-0.3, -0.25) is 0 Å². The highest BCUT2D eigenvalue weighted by Crippen LogP contribution is 2.31. The number of halogens is 1. The Morgan fingerprint density at radius 1 is 1.13 bits per heavy atom. The van der Waals surface area contributed by atoms with Crippen LogP contribution in [0.5, 0.6) is 5.75 Å². The van der Waals surface area contributed by atoms with Gasteiger partial charge < -0.3 is 9.30 Å². The van der Waals surface area contributed by atoms with Crippen LogP contribution in [0.1, 0.15) is 30.1 Å². The summed E-state index contributed by atoms with van der Waals surface area (Å²) in [4.78, 5) is 4.79. The monoisotopic (exact) mass is 456 g/mol. The molecule has 2 heterocycles. The number of benzene rings is 2. The van der Waals surface area contributed by atoms with Gasteiger partial charge in [0.1, 0.15) is 10.8 Å². The van der Waals surface area contributed by atoms with Crippen molar-refractivity contribution in [3.05, 3.63) is 76.0 Å². The van der Waals surface area contributed by atoms with Gasteiger partial charge in [-0.1, -0.05) is 59.8 Å². The SMILES string of the molecule is Cc1ccccc1-c1nc(CSc2nnc(C(C)Oc3ccccc3Cl)n2C)cs1. The van der Waals surface area contributed by atoms with Crippen LogP contribution in [0.25, 0.3) is 10.6 Å². The summed E-state index contributed by atoms with van der Waals surface area (Å²) in [7, 11) is 1.95. The van der Waals surface area contributed by atoms with Gasteiger partial charge in [-0.2, -0.15) is 0 Å². The second-order valence-electron chi connectivity index (χ2n) is 6.84. The van der Waals surface area contributed by atoms with Gasteiger partial charge in [-0.05, 0) is 31.5 Å². The number of thioether (sulfide) groups is 1. The molecule has 0 radical (unpaired) electrons. The molecule has 8 heteroatoms. The van der Waals surface area contributed by atoms with E-state index < -0.39 is 0 Å². The maximum atomic E-state index is 6.20. The van der Waals surface area contributed by atoms with Crippen molar-refractivity contribution < 1.29 is 4.74 Å². The number of aromatic nitrogens is 4. The van der Waals surface area contributed by atoms with Gasteiger partial charge in [0.2, 0.25) is 0 Å². The highest BCUT2D eigenvalue weighted by Gasteiger charge is 2.18. The first-order valence-corrected chi connectivity index (χ1v) is 11.7. The molecule has 4 aromatic rings. The lowest BCUT2D eigenvalue weighted by molar-refractivity contribution is 0.211. The van der Waals surface area contributed by atoms with Crippen LogP contribution < -0.4 is 4.74 Å². The Bertz CT molecular complexity index is 1160. The average Bonchev–Trinajstić information content (AvgIpc) is 3.35. The largest absolute Gasteiger partial charge is 0.481 e. The molecule has 0 fully saturated rings. The van der Waals surface area contributed by atoms with Crippen molar-refractivity contribution in [2.75, 3.05) is 0 Å². The number of aryl methyl sites for hydroxylation is 1. The van der Waals surface area contributed by atoms with E-state index in [0.717, 1.165) is 27.4 Å². The highest BCUT2D eigenvalue weighted by atomic mass is 35.5. The van der Waals surface area contributed by atoms with E-state index in [-0.39, 0.29) is 6.10 Å². The molecular weight excluding hydrogens is 436 g/mol. The topological polar surface area (TPSA) is 52.8 Å². The molecule has 154 valence electrons. The lowest BCUT2D eigenvalue weighted by Gasteiger charge is -2.15. The van der Waals surface area contributed by atoms with E-state index in [9.17, 15) is 0 Å². The van der Waals surface area contributed by atoms with Gasteiger partial charge in [0.05, 0.1) is 10.7 Å². The molecule has 0 saturated carbocycles. The van der Waals surface area contributed by atoms with Crippen molar-refractivity contribution >= 4 is 34.7 Å². The minimum absolute atomic E-state index is 0.274. The molecule has 0 aliphatic heterocycles. The zero-order valence-electron chi connectivity index (χ0n) is 16.9. The normalized spacial score (nSPS) is 12.1. The van der Waals surface area contributed by atoms with Gasteiger partial charge in [0.25, 0.3) is 0 Å². The molecule has 0 saturated heterocycles. The summed E-state index contributed by atoms with van der Waals surface area (Å²) in [6.45, 7) is 4.05. The van der Waals surface area contributed by atoms with Gasteiger partial charge in [-0.15, -0.1) is 21.5 Å². The van der Waals surface area contributed by atoms with Crippen LogP contribution in [-0.2, 0) is 12.8 Å². The smallest absolute Gasteiger partial charge is 0.191 e. The number of ether oxygens (including phenoxy) is 1. The molecule has 4 rings (SSSR count). The Morgan fingerprint density at radius 3 is 2.70 bits per heavy atom. The third-order valence-corrected chi connectivity index (χ3v) is 6.94. The summed E-state index contributed by atoms with van der Waals surface area (Å²) in [5.74, 6) is 2.11. The minimum atomic E-state index is -0.274. The Labute approximate surface area is 189 Å². The zero-order valence-corrected chi connectivity index (χ0v) is 19.3. The number of para-hydroxylation sites is 1. The van der Waals surface area contributed by atoms with Gasteiger partial charge >= 0.3 is 0 Å². The molecule has 0 aliphatic carbocycles. The van der Waals surface area contributed by atoms with E-state index in [1.807, 2.05) is 48.9 Å². The second kappa shape index (κ2) is 9.20. The number of hydrogen-bond acceptors (Lipinski definition) is 6. The summed E-state index contributed by atoms with van der Waals surface area (Å²) in [5, 5.41) is 13.2. The van der Waals surface area contributed by atoms with Crippen LogP contribution in [0.15, 0.2) is 59.1 Å². The van der Waals surface area contributed by atoms with E-state index in [0.29, 0.717) is 10.8 Å². The molecular formula is C22H21ClN4OS2. The van der Waals surface area contributed by atoms with E-state index in [1.54, 1.807) is 29.2 Å². The lowest BCUT2D eigenvalue weighted by atomic mass is 10.1. The van der Waals surface area contributed by atoms with Crippen LogP contribution in [0.4, 0.5) is 0 Å². The summed E-state index contributed by atoms with van der Waals surface area (Å²) in [5.41, 5.74) is 3.45. The molecule has 0 aliphatic rings. The van der Waals surface area contributed by atoms with Crippen molar-refractivity contribution in [1.82, 2.24) is 19.7 Å². The third-order valence-electron chi connectivity index (χ3n) is 4.65. The van der Waals surface area contributed by atoms with E-state index in [1.165, 1.54) is 11.1 Å². The predicted octanol–water partition coefficient (Wildman–Crippen LogP) is 6.33. The minimum Gasteiger partial charge on any atom is -0.481 e. The van der Waals surface area contributed by atoms with Crippen LogP contribution in [0.3, 0.4) is 0 Å². The van der Waals surface area contributed by atoms with Gasteiger partial charge in [-0.25, -0.2) is 4.98 Å². The fourth-order valence-corrected chi connectivity index (χ4v) is 5.04. The van der Waals surface area contributed by atoms with Crippen molar-refractivity contribution in [3.8, 4) is 16.3 Å². The number of rotatable bonds is 7. The summed E-state index contributed by atoms with van der Waals surface area (Å²) >= 11 is 9.48. The Balaban J connectivity index is 1.42. The van der Waals surface area contributed by atoms with Crippen LogP contribution in [-0.4, -0.2) is 19.7 Å². The Hall–Kier alpha value is -2.35. The van der Waals surface area contributed by atoms with Gasteiger partial charge in [0.15, 0.2) is 17.1 Å². The zero-order chi connectivity index (χ0) is 21.1. The molecule has 1 atom stereocenters. The molecule has 0 bridgehead atoms. The predicted molar refractivity (Wildman–Crippen MR) is 123 cm³/mol. The average molecular weight is 457 g/mol. The molecule has 5 nitrogen and oxygen atoms in total. The quantitative estimate of drug-likeness (QED) is 0.304. The summed E-state index contributed by atoms with van der Waals surface area (Å²) < 4.78 is 7.94. The summed E-state index contributed by atoms with van der Waals surface area (Å²) in [6.07, 6.45) is -0.274. The molecule has 1 unspecified atom stereocenters. The molecule has 2 aromatic carbocycles. The van der Waals surface area contributed by atoms with Crippen molar-refractivity contribution in [3.63, 3.8) is 0 Å². The van der Waals surface area contributed by atoms with Crippen LogP contribution in [0, 0.1) is 6.92 Å². The fourth-order valence-electron chi connectivity index (χ4n) is 3.04. The second-order valence-corrected chi connectivity index (χ2v) is 9.05. The fraction of sp³-hybridized carbons (Fsp3) is 0.227. The number of thiazole rings is 1. The first kappa shape index (κ1) is 20.9. The van der Waals surface area contributed by atoms with E-state index >= 15 is 0 Å². The molecule has 0 N–H and O–H groups in total. The first-order chi connectivity index (χ1) is 14.5. The van der Waals surface area contributed by atoms with E-state index in [2.05, 4.69) is 34.6 Å². The first-order valence-electron chi connectivity index (χ1n) is 9.46. The molecule has 0 amide bonds. The van der Waals surface area contributed by atoms with Crippen LogP contribution in [0.2, 0.25) is 5.02 Å². The molecule has 0 spiro atoms. The van der Waals surface area contributed by atoms with Gasteiger partial charge in [0, 0.05) is 23.7 Å². The lowest BCUT2D eigenvalue weighted by Crippen LogP contribution is -2.10. The molecule has 2 aromatic heterocycles. The van der Waals surface area contributed by atoms with Crippen molar-refractivity contribution in [1.29, 1.82) is 0 Å². The van der Waals surface area contributed by atoms with Crippen molar-refractivity contribution in [2.45, 2.75) is 30.9 Å². The van der Waals surface area contributed by atoms with Crippen LogP contribution >= 0.6 is 34.7 Å².